The lowest BCUT2D eigenvalue weighted by atomic mass is 10.3. The van der Waals surface area contributed by atoms with Gasteiger partial charge < -0.3 is 14.4 Å². The molecule has 0 aliphatic carbocycles. The van der Waals surface area contributed by atoms with E-state index in [4.69, 9.17) is 9.47 Å². The van der Waals surface area contributed by atoms with Crippen LogP contribution in [0.3, 0.4) is 0 Å². The second kappa shape index (κ2) is 6.30. The number of nitrogens with zero attached hydrogens (tertiary/aromatic N) is 3. The van der Waals surface area contributed by atoms with Crippen molar-refractivity contribution in [3.8, 4) is 5.88 Å². The van der Waals surface area contributed by atoms with Crippen LogP contribution in [0.1, 0.15) is 13.3 Å². The van der Waals surface area contributed by atoms with Gasteiger partial charge in [-0.25, -0.2) is 0 Å². The zero-order valence-corrected chi connectivity index (χ0v) is 10.4. The normalized spacial score (nSPS) is 18.9. The maximum Gasteiger partial charge on any atom is 0.248 e. The Bertz CT molecular complexity index is 385. The van der Waals surface area contributed by atoms with Crippen molar-refractivity contribution in [1.29, 1.82) is 0 Å². The van der Waals surface area contributed by atoms with Gasteiger partial charge in [0.1, 0.15) is 12.7 Å². The molecule has 2 heterocycles. The fourth-order valence-corrected chi connectivity index (χ4v) is 1.85. The maximum atomic E-state index is 11.7. The molecule has 1 saturated heterocycles. The van der Waals surface area contributed by atoms with Crippen molar-refractivity contribution in [2.75, 3.05) is 26.3 Å². The predicted molar refractivity (Wildman–Crippen MR) is 64.1 cm³/mol. The lowest BCUT2D eigenvalue weighted by Gasteiger charge is -2.16. The van der Waals surface area contributed by atoms with Gasteiger partial charge in [0.2, 0.25) is 11.8 Å². The monoisotopic (exact) mass is 251 g/mol. The molecule has 1 aliphatic heterocycles. The number of rotatable bonds is 5. The molecule has 98 valence electrons. The summed E-state index contributed by atoms with van der Waals surface area (Å²) in [6.45, 7) is 3.87. The van der Waals surface area contributed by atoms with Crippen molar-refractivity contribution < 1.29 is 14.3 Å². The molecule has 18 heavy (non-hydrogen) atoms. The highest BCUT2D eigenvalue weighted by Gasteiger charge is 2.27. The SMILES string of the molecule is CCOCC(=O)N1CCC(Oc2cccnn2)C1. The molecule has 1 aliphatic rings. The average molecular weight is 251 g/mol. The fourth-order valence-electron chi connectivity index (χ4n) is 1.85. The van der Waals surface area contributed by atoms with Crippen LogP contribution in [0.25, 0.3) is 0 Å². The summed E-state index contributed by atoms with van der Waals surface area (Å²) in [7, 11) is 0. The average Bonchev–Trinajstić information content (AvgIpc) is 2.86. The lowest BCUT2D eigenvalue weighted by Crippen LogP contribution is -2.33. The van der Waals surface area contributed by atoms with E-state index in [0.717, 1.165) is 6.42 Å². The Kier molecular flexibility index (Phi) is 4.46. The first kappa shape index (κ1) is 12.8. The minimum absolute atomic E-state index is 0.00715. The summed E-state index contributed by atoms with van der Waals surface area (Å²) in [6, 6.07) is 3.53. The standard InChI is InChI=1S/C12H17N3O3/c1-2-17-9-12(16)15-7-5-10(8-15)18-11-4-3-6-13-14-11/h3-4,6,10H,2,5,7-9H2,1H3. The molecule has 0 spiro atoms. The van der Waals surface area contributed by atoms with Crippen LogP contribution >= 0.6 is 0 Å². The summed E-state index contributed by atoms with van der Waals surface area (Å²) in [4.78, 5) is 13.5. The molecule has 1 fully saturated rings. The van der Waals surface area contributed by atoms with Crippen LogP contribution in [0.5, 0.6) is 5.88 Å². The fraction of sp³-hybridized carbons (Fsp3) is 0.583. The van der Waals surface area contributed by atoms with E-state index < -0.39 is 0 Å². The molecule has 0 bridgehead atoms. The highest BCUT2D eigenvalue weighted by molar-refractivity contribution is 5.77. The number of ether oxygens (including phenoxy) is 2. The Labute approximate surface area is 106 Å². The Morgan fingerprint density at radius 1 is 1.61 bits per heavy atom. The zero-order chi connectivity index (χ0) is 12.8. The molecule has 1 atom stereocenters. The number of amides is 1. The van der Waals surface area contributed by atoms with E-state index in [0.29, 0.717) is 25.6 Å². The third-order valence-corrected chi connectivity index (χ3v) is 2.76. The highest BCUT2D eigenvalue weighted by Crippen LogP contribution is 2.15. The van der Waals surface area contributed by atoms with E-state index in [1.165, 1.54) is 0 Å². The molecule has 0 N–H and O–H groups in total. The van der Waals surface area contributed by atoms with Crippen molar-refractivity contribution in [1.82, 2.24) is 15.1 Å². The minimum atomic E-state index is -0.00715. The largest absolute Gasteiger partial charge is 0.471 e. The van der Waals surface area contributed by atoms with Crippen molar-refractivity contribution in [3.05, 3.63) is 18.3 Å². The van der Waals surface area contributed by atoms with Gasteiger partial charge in [0.15, 0.2) is 0 Å². The number of carbonyl (C=O) groups is 1. The number of aromatic nitrogens is 2. The Hall–Kier alpha value is -1.69. The summed E-state index contributed by atoms with van der Waals surface area (Å²) in [5, 5.41) is 7.61. The van der Waals surface area contributed by atoms with E-state index >= 15 is 0 Å². The second-order valence-electron chi connectivity index (χ2n) is 4.07. The van der Waals surface area contributed by atoms with Crippen molar-refractivity contribution >= 4 is 5.91 Å². The van der Waals surface area contributed by atoms with Gasteiger partial charge in [0.05, 0.1) is 6.54 Å². The molecule has 0 radical (unpaired) electrons. The summed E-state index contributed by atoms with van der Waals surface area (Å²) in [5.74, 6) is 0.517. The van der Waals surface area contributed by atoms with Gasteiger partial charge in [-0.05, 0) is 13.0 Å². The van der Waals surface area contributed by atoms with E-state index in [1.807, 2.05) is 6.92 Å². The van der Waals surface area contributed by atoms with Crippen LogP contribution in [-0.4, -0.2) is 53.4 Å². The van der Waals surface area contributed by atoms with Gasteiger partial charge in [-0.1, -0.05) is 0 Å². The first-order valence-corrected chi connectivity index (χ1v) is 6.09. The van der Waals surface area contributed by atoms with Crippen LogP contribution in [0.15, 0.2) is 18.3 Å². The first-order chi connectivity index (χ1) is 8.79. The summed E-state index contributed by atoms with van der Waals surface area (Å²) < 4.78 is 10.8. The third kappa shape index (κ3) is 3.40. The number of carbonyl (C=O) groups excluding carboxylic acids is 1. The Morgan fingerprint density at radius 2 is 2.50 bits per heavy atom. The lowest BCUT2D eigenvalue weighted by molar-refractivity contribution is -0.135. The number of likely N-dealkylation sites (tertiary alicyclic amines) is 1. The molecule has 1 unspecified atom stereocenters. The summed E-state index contributed by atoms with van der Waals surface area (Å²) in [6.07, 6.45) is 2.40. The molecule has 1 amide bonds. The van der Waals surface area contributed by atoms with Gasteiger partial charge in [0, 0.05) is 31.8 Å². The van der Waals surface area contributed by atoms with Gasteiger partial charge in [-0.3, -0.25) is 4.79 Å². The molecule has 0 saturated carbocycles. The van der Waals surface area contributed by atoms with Crippen molar-refractivity contribution in [2.45, 2.75) is 19.4 Å². The van der Waals surface area contributed by atoms with E-state index in [2.05, 4.69) is 10.2 Å². The summed E-state index contributed by atoms with van der Waals surface area (Å²) >= 11 is 0. The van der Waals surface area contributed by atoms with Gasteiger partial charge in [0.25, 0.3) is 0 Å². The maximum absolute atomic E-state index is 11.7. The van der Waals surface area contributed by atoms with Crippen LogP contribution in [0.4, 0.5) is 0 Å². The number of hydrogen-bond donors (Lipinski definition) is 0. The van der Waals surface area contributed by atoms with Crippen molar-refractivity contribution in [3.63, 3.8) is 0 Å². The van der Waals surface area contributed by atoms with Gasteiger partial charge in [-0.15, -0.1) is 5.10 Å². The van der Waals surface area contributed by atoms with Crippen LogP contribution < -0.4 is 4.74 Å². The number of hydrogen-bond acceptors (Lipinski definition) is 5. The molecule has 1 aromatic rings. The highest BCUT2D eigenvalue weighted by atomic mass is 16.5. The smallest absolute Gasteiger partial charge is 0.248 e. The second-order valence-corrected chi connectivity index (χ2v) is 4.07. The molecular weight excluding hydrogens is 234 g/mol. The summed E-state index contributed by atoms with van der Waals surface area (Å²) in [5.41, 5.74) is 0. The zero-order valence-electron chi connectivity index (χ0n) is 10.4. The molecule has 0 aromatic carbocycles. The first-order valence-electron chi connectivity index (χ1n) is 6.09. The molecule has 2 rings (SSSR count). The quantitative estimate of drug-likeness (QED) is 0.762. The minimum Gasteiger partial charge on any atom is -0.471 e. The molecule has 6 heteroatoms. The van der Waals surface area contributed by atoms with E-state index in [1.54, 1.807) is 23.2 Å². The van der Waals surface area contributed by atoms with Crippen LogP contribution in [0.2, 0.25) is 0 Å². The van der Waals surface area contributed by atoms with Gasteiger partial charge >= 0.3 is 0 Å². The van der Waals surface area contributed by atoms with Crippen LogP contribution in [0, 0.1) is 0 Å². The molecule has 6 nitrogen and oxygen atoms in total. The van der Waals surface area contributed by atoms with Crippen molar-refractivity contribution in [2.24, 2.45) is 0 Å². The van der Waals surface area contributed by atoms with Crippen LogP contribution in [-0.2, 0) is 9.53 Å². The topological polar surface area (TPSA) is 64.5 Å². The Balaban J connectivity index is 1.80. The van der Waals surface area contributed by atoms with E-state index in [-0.39, 0.29) is 18.6 Å². The third-order valence-electron chi connectivity index (χ3n) is 2.76. The predicted octanol–water partition coefficient (Wildman–Crippen LogP) is 0.493. The van der Waals surface area contributed by atoms with E-state index in [9.17, 15) is 4.79 Å². The van der Waals surface area contributed by atoms with Gasteiger partial charge in [-0.2, -0.15) is 5.10 Å². The Morgan fingerprint density at radius 3 is 3.22 bits per heavy atom. The molecular formula is C12H17N3O3. The molecule has 1 aromatic heterocycles.